The van der Waals surface area contributed by atoms with Crippen molar-refractivity contribution in [2.75, 3.05) is 49.7 Å². The fourth-order valence-corrected chi connectivity index (χ4v) is 7.58. The number of carbonyl (C=O) groups excluding carboxylic acids is 2. The predicted molar refractivity (Wildman–Crippen MR) is 216 cm³/mol. The fraction of sp³-hybridized carbons (Fsp3) is 0.419. The maximum Gasteiger partial charge on any atom is 0.306 e. The second-order valence-electron chi connectivity index (χ2n) is 13.6. The van der Waals surface area contributed by atoms with E-state index in [4.69, 9.17) is 14.2 Å². The molecule has 0 saturated carbocycles. The molecular formula is C43H54N4O6S. The van der Waals surface area contributed by atoms with Crippen LogP contribution in [0.15, 0.2) is 89.7 Å². The molecule has 1 N–H and O–H groups in total. The lowest BCUT2D eigenvalue weighted by Gasteiger charge is -2.22. The number of aromatic nitrogens is 2. The summed E-state index contributed by atoms with van der Waals surface area (Å²) in [5.41, 5.74) is 6.05. The molecule has 10 nitrogen and oxygen atoms in total. The zero-order chi connectivity index (χ0) is 38.3. The monoisotopic (exact) mass is 754 g/mol. The van der Waals surface area contributed by atoms with Crippen LogP contribution in [0.5, 0.6) is 5.75 Å². The molecule has 1 aliphatic heterocycles. The van der Waals surface area contributed by atoms with Crippen LogP contribution in [0.4, 0.5) is 11.4 Å². The Morgan fingerprint density at radius 3 is 2.48 bits per heavy atom. The Morgan fingerprint density at radius 1 is 0.963 bits per heavy atom. The summed E-state index contributed by atoms with van der Waals surface area (Å²) >= 11 is 0. The largest absolute Gasteiger partial charge is 0.491 e. The van der Waals surface area contributed by atoms with Crippen molar-refractivity contribution >= 4 is 40.1 Å². The van der Waals surface area contributed by atoms with Crippen molar-refractivity contribution in [1.82, 2.24) is 9.55 Å². The normalized spacial score (nSPS) is 14.9. The third kappa shape index (κ3) is 11.6. The second kappa shape index (κ2) is 20.6. The Kier molecular flexibility index (Phi) is 15.5. The van der Waals surface area contributed by atoms with Gasteiger partial charge in [0.2, 0.25) is 0 Å². The number of carbonyl (C=O) groups is 2. The SMILES string of the molecule is CCCCOCCOc1ccc(-c2ccc(N3CCC(CC(=O)OCC)C3)c(/C=C(\C)C(=O)Nc3ccc([S@@](=O)Cc4cncn4CCC)cc3)c2)cc1. The fourth-order valence-electron chi connectivity index (χ4n) is 6.47. The topological polar surface area (TPSA) is 112 Å². The van der Waals surface area contributed by atoms with Gasteiger partial charge in [0.15, 0.2) is 0 Å². The number of esters is 1. The van der Waals surface area contributed by atoms with Crippen LogP contribution in [0, 0.1) is 5.92 Å². The summed E-state index contributed by atoms with van der Waals surface area (Å²) in [6.45, 7) is 12.4. The van der Waals surface area contributed by atoms with Gasteiger partial charge in [0.05, 0.1) is 48.2 Å². The van der Waals surface area contributed by atoms with E-state index in [0.717, 1.165) is 85.7 Å². The number of ether oxygens (including phenoxy) is 3. The molecule has 11 heteroatoms. The van der Waals surface area contributed by atoms with E-state index >= 15 is 0 Å². The number of aryl methyl sites for hydroxylation is 1. The number of anilines is 2. The Labute approximate surface area is 322 Å². The van der Waals surface area contributed by atoms with Gasteiger partial charge in [-0.15, -0.1) is 0 Å². The molecule has 0 bridgehead atoms. The number of imidazole rings is 1. The molecule has 1 fully saturated rings. The minimum atomic E-state index is -1.24. The molecule has 2 heterocycles. The molecule has 1 aromatic heterocycles. The lowest BCUT2D eigenvalue weighted by molar-refractivity contribution is -0.144. The van der Waals surface area contributed by atoms with Crippen LogP contribution in [0.3, 0.4) is 0 Å². The molecule has 5 rings (SSSR count). The van der Waals surface area contributed by atoms with Crippen molar-refractivity contribution in [3.05, 3.63) is 96.1 Å². The van der Waals surface area contributed by atoms with E-state index in [2.05, 4.69) is 47.2 Å². The molecule has 54 heavy (non-hydrogen) atoms. The zero-order valence-corrected chi connectivity index (χ0v) is 32.9. The molecule has 0 spiro atoms. The Morgan fingerprint density at radius 2 is 1.74 bits per heavy atom. The van der Waals surface area contributed by atoms with Crippen LogP contribution in [-0.4, -0.2) is 65.2 Å². The highest BCUT2D eigenvalue weighted by atomic mass is 32.2. The van der Waals surface area contributed by atoms with Gasteiger partial charge >= 0.3 is 5.97 Å². The molecule has 288 valence electrons. The average molecular weight is 755 g/mol. The third-order valence-corrected chi connectivity index (χ3v) is 10.7. The lowest BCUT2D eigenvalue weighted by atomic mass is 9.99. The standard InChI is InChI=1S/C43H54N4O6S/c1-5-8-22-51-23-24-53-39-14-9-34(10-15-39)35-11-18-41(46-21-19-33(29-46)26-42(48)52-7-3)36(27-35)25-32(4)43(49)45-37-12-16-40(17-13-37)54(50)30-38-28-44-31-47(38)20-6-2/h9-18,25,27-28,31,33H,5-8,19-24,26,29-30H2,1-4H3,(H,45,49)/b32-25+/t33?,54-/m0/s1. The van der Waals surface area contributed by atoms with Crippen LogP contribution in [0.2, 0.25) is 0 Å². The number of benzene rings is 3. The van der Waals surface area contributed by atoms with Crippen LogP contribution in [0.25, 0.3) is 17.2 Å². The molecule has 1 saturated heterocycles. The molecule has 1 amide bonds. The maximum atomic E-state index is 13.5. The summed E-state index contributed by atoms with van der Waals surface area (Å²) in [4.78, 5) is 33.0. The number of unbranched alkanes of at least 4 members (excludes halogenated alkanes) is 1. The maximum absolute atomic E-state index is 13.5. The van der Waals surface area contributed by atoms with Gasteiger partial charge in [0.1, 0.15) is 12.4 Å². The van der Waals surface area contributed by atoms with Crippen molar-refractivity contribution in [2.45, 2.75) is 77.0 Å². The summed E-state index contributed by atoms with van der Waals surface area (Å²) in [6, 6.07) is 21.5. The van der Waals surface area contributed by atoms with Gasteiger partial charge in [0.25, 0.3) is 5.91 Å². The summed E-state index contributed by atoms with van der Waals surface area (Å²) in [5, 5.41) is 3.00. The minimum Gasteiger partial charge on any atom is -0.491 e. The molecule has 1 aliphatic rings. The number of nitrogens with zero attached hydrogens (tertiary/aromatic N) is 3. The molecule has 3 aromatic carbocycles. The summed E-state index contributed by atoms with van der Waals surface area (Å²) < 4.78 is 31.9. The van der Waals surface area contributed by atoms with Crippen molar-refractivity contribution in [1.29, 1.82) is 0 Å². The molecular weight excluding hydrogens is 701 g/mol. The second-order valence-corrected chi connectivity index (χ2v) is 15.0. The van der Waals surface area contributed by atoms with Crippen LogP contribution >= 0.6 is 0 Å². The predicted octanol–water partition coefficient (Wildman–Crippen LogP) is 8.28. The van der Waals surface area contributed by atoms with Crippen molar-refractivity contribution < 1.29 is 28.0 Å². The van der Waals surface area contributed by atoms with Crippen molar-refractivity contribution in [3.8, 4) is 16.9 Å². The van der Waals surface area contributed by atoms with Gasteiger partial charge in [-0.25, -0.2) is 4.98 Å². The zero-order valence-electron chi connectivity index (χ0n) is 32.1. The van der Waals surface area contributed by atoms with Gasteiger partial charge in [-0.2, -0.15) is 0 Å². The van der Waals surface area contributed by atoms with E-state index < -0.39 is 10.8 Å². The average Bonchev–Trinajstić information content (AvgIpc) is 3.83. The minimum absolute atomic E-state index is 0.164. The quantitative estimate of drug-likeness (QED) is 0.0545. The first-order valence-corrected chi connectivity index (χ1v) is 20.4. The van der Waals surface area contributed by atoms with Gasteiger partial charge in [-0.3, -0.25) is 13.8 Å². The number of rotatable bonds is 20. The summed E-state index contributed by atoms with van der Waals surface area (Å²) in [5.74, 6) is 0.964. The Hall–Kier alpha value is -4.74. The lowest BCUT2D eigenvalue weighted by Crippen LogP contribution is -2.22. The number of hydrogen-bond acceptors (Lipinski definition) is 8. The Bertz CT molecular complexity index is 1870. The highest BCUT2D eigenvalue weighted by molar-refractivity contribution is 7.84. The molecule has 0 aliphatic carbocycles. The summed E-state index contributed by atoms with van der Waals surface area (Å²) in [6.07, 6.45) is 9.87. The number of hydrogen-bond donors (Lipinski definition) is 1. The Balaban J connectivity index is 1.30. The smallest absolute Gasteiger partial charge is 0.306 e. The molecule has 4 aromatic rings. The first-order chi connectivity index (χ1) is 26.3. The number of nitrogens with one attached hydrogen (secondary N) is 1. The van der Waals surface area contributed by atoms with E-state index in [0.29, 0.717) is 48.2 Å². The van der Waals surface area contributed by atoms with E-state index in [1.165, 1.54) is 0 Å². The van der Waals surface area contributed by atoms with E-state index in [1.54, 1.807) is 43.7 Å². The van der Waals surface area contributed by atoms with Gasteiger partial charge < -0.3 is 29.0 Å². The highest BCUT2D eigenvalue weighted by Crippen LogP contribution is 2.34. The van der Waals surface area contributed by atoms with Crippen LogP contribution < -0.4 is 15.0 Å². The van der Waals surface area contributed by atoms with Gasteiger partial charge in [-0.05, 0) is 110 Å². The molecule has 1 unspecified atom stereocenters. The van der Waals surface area contributed by atoms with Crippen LogP contribution in [0.1, 0.15) is 71.1 Å². The highest BCUT2D eigenvalue weighted by Gasteiger charge is 2.27. The first kappa shape index (κ1) is 40.4. The van der Waals surface area contributed by atoms with Crippen molar-refractivity contribution in [3.63, 3.8) is 0 Å². The van der Waals surface area contributed by atoms with E-state index in [9.17, 15) is 13.8 Å². The van der Waals surface area contributed by atoms with Gasteiger partial charge in [-0.1, -0.05) is 38.5 Å². The number of amides is 1. The molecule has 2 atom stereocenters. The van der Waals surface area contributed by atoms with Crippen LogP contribution in [-0.2, 0) is 42.2 Å². The molecule has 0 radical (unpaired) electrons. The summed E-state index contributed by atoms with van der Waals surface area (Å²) in [7, 11) is -1.24. The first-order valence-electron chi connectivity index (χ1n) is 19.1. The van der Waals surface area contributed by atoms with E-state index in [-0.39, 0.29) is 17.8 Å². The third-order valence-electron chi connectivity index (χ3n) is 9.39. The van der Waals surface area contributed by atoms with Crippen molar-refractivity contribution in [2.24, 2.45) is 5.92 Å². The van der Waals surface area contributed by atoms with E-state index in [1.807, 2.05) is 41.8 Å². The van der Waals surface area contributed by atoms with Gasteiger partial charge in [0, 0.05) is 54.3 Å².